The van der Waals surface area contributed by atoms with E-state index >= 15 is 0 Å². The van der Waals surface area contributed by atoms with Crippen molar-refractivity contribution < 1.29 is 29.9 Å². The van der Waals surface area contributed by atoms with Gasteiger partial charge < -0.3 is 29.9 Å². The van der Waals surface area contributed by atoms with Crippen LogP contribution in [0.1, 0.15) is 105 Å². The molecule has 0 aromatic heterocycles. The van der Waals surface area contributed by atoms with Crippen molar-refractivity contribution >= 4 is 0 Å². The largest absolute Gasteiger partial charge is 0.394 e. The average molecular weight is 549 g/mol. The Balaban J connectivity index is 1.24. The average Bonchev–Trinajstić information content (AvgIpc) is 3.26. The first-order valence-electron chi connectivity index (χ1n) is 16.1. The normalized spacial score (nSPS) is 48.7. The van der Waals surface area contributed by atoms with E-state index in [0.717, 1.165) is 54.8 Å². The number of rotatable bonds is 8. The number of aliphatic hydroxyl groups excluding tert-OH is 4. The fourth-order valence-corrected chi connectivity index (χ4v) is 10.1. The lowest BCUT2D eigenvalue weighted by atomic mass is 9.47. The van der Waals surface area contributed by atoms with E-state index in [4.69, 9.17) is 9.47 Å². The van der Waals surface area contributed by atoms with Gasteiger partial charge in [0.2, 0.25) is 0 Å². The third-order valence-electron chi connectivity index (χ3n) is 12.4. The lowest BCUT2D eigenvalue weighted by Crippen LogP contribution is -2.60. The van der Waals surface area contributed by atoms with Crippen LogP contribution < -0.4 is 0 Å². The molecule has 0 radical (unpaired) electrons. The van der Waals surface area contributed by atoms with Crippen LogP contribution >= 0.6 is 0 Å². The maximum absolute atomic E-state index is 10.5. The minimum Gasteiger partial charge on any atom is -0.394 e. The zero-order chi connectivity index (χ0) is 28.1. The summed E-state index contributed by atoms with van der Waals surface area (Å²) in [5, 5.41) is 40.3. The van der Waals surface area contributed by atoms with Gasteiger partial charge in [0, 0.05) is 0 Å². The zero-order valence-corrected chi connectivity index (χ0v) is 25.1. The molecule has 0 bridgehead atoms. The lowest BCUT2D eigenvalue weighted by molar-refractivity contribution is -0.313. The summed E-state index contributed by atoms with van der Waals surface area (Å²) in [6.07, 6.45) is 9.98. The van der Waals surface area contributed by atoms with Gasteiger partial charge in [-0.05, 0) is 97.7 Å². The van der Waals surface area contributed by atoms with Crippen LogP contribution in [-0.2, 0) is 9.47 Å². The van der Waals surface area contributed by atoms with Gasteiger partial charge in [0.25, 0.3) is 0 Å². The molecule has 0 amide bonds. The van der Waals surface area contributed by atoms with Crippen LogP contribution in [-0.4, -0.2) is 63.8 Å². The summed E-state index contributed by atoms with van der Waals surface area (Å²) in [7, 11) is 0. The summed E-state index contributed by atoms with van der Waals surface area (Å²) in [5.74, 6) is 4.87. The highest BCUT2D eigenvalue weighted by molar-refractivity contribution is 5.25. The van der Waals surface area contributed by atoms with Gasteiger partial charge in [0.15, 0.2) is 6.29 Å². The van der Waals surface area contributed by atoms with E-state index in [2.05, 4.69) is 40.7 Å². The molecule has 224 valence electrons. The molecule has 3 saturated carbocycles. The number of allylic oxidation sites excluding steroid dienone is 1. The second-order valence-electron chi connectivity index (χ2n) is 15.0. The second kappa shape index (κ2) is 11.6. The predicted molar refractivity (Wildman–Crippen MR) is 152 cm³/mol. The molecular formula is C33H56O6. The molecule has 0 spiro atoms. The lowest BCUT2D eigenvalue weighted by Gasteiger charge is -2.58. The highest BCUT2D eigenvalue weighted by atomic mass is 16.7. The summed E-state index contributed by atoms with van der Waals surface area (Å²) in [6.45, 7) is 12.0. The molecule has 1 heterocycles. The van der Waals surface area contributed by atoms with Crippen molar-refractivity contribution in [2.45, 2.75) is 142 Å². The van der Waals surface area contributed by atoms with E-state index in [1.807, 2.05) is 0 Å². The Bertz CT molecular complexity index is 872. The maximum Gasteiger partial charge on any atom is 0.186 e. The summed E-state index contributed by atoms with van der Waals surface area (Å²) in [6, 6.07) is 0. The SMILES string of the molecule is CC(C)CCC[C@@H](C)[C@H]1CC[C@H]2[C@@H]3CC=C4C[C@@H](OC5OC(CO)C(O)C(O)C5O)CC[C@]4(C)[C@H]3CC[C@]12C. The minimum absolute atomic E-state index is 0.0984. The van der Waals surface area contributed by atoms with Crippen LogP contribution in [0.4, 0.5) is 0 Å². The van der Waals surface area contributed by atoms with Gasteiger partial charge in [-0.15, -0.1) is 0 Å². The fraction of sp³-hybridized carbons (Fsp3) is 0.939. The summed E-state index contributed by atoms with van der Waals surface area (Å²) < 4.78 is 11.9. The van der Waals surface area contributed by atoms with Gasteiger partial charge in [-0.2, -0.15) is 0 Å². The molecule has 39 heavy (non-hydrogen) atoms. The van der Waals surface area contributed by atoms with E-state index in [-0.39, 0.29) is 11.5 Å². The number of aliphatic hydroxyl groups is 4. The van der Waals surface area contributed by atoms with Crippen molar-refractivity contribution in [1.29, 1.82) is 0 Å². The molecule has 5 rings (SSSR count). The Hall–Kier alpha value is -0.500. The highest BCUT2D eigenvalue weighted by Crippen LogP contribution is 2.67. The van der Waals surface area contributed by atoms with Gasteiger partial charge in [0.1, 0.15) is 24.4 Å². The summed E-state index contributed by atoms with van der Waals surface area (Å²) in [4.78, 5) is 0. The van der Waals surface area contributed by atoms with Gasteiger partial charge >= 0.3 is 0 Å². The Kier molecular flexibility index (Phi) is 8.95. The molecule has 1 saturated heterocycles. The molecule has 0 aromatic rings. The van der Waals surface area contributed by atoms with Crippen molar-refractivity contribution in [1.82, 2.24) is 0 Å². The second-order valence-corrected chi connectivity index (χ2v) is 15.0. The standard InChI is InChI=1S/C33H56O6/c1-19(2)7-6-8-20(3)24-11-12-25-23-10-9-21-17-22(13-15-32(21,4)26(23)14-16-33(24,25)5)38-31-30(37)29(36)28(35)27(18-34)39-31/h9,19-20,22-31,34-37H,6-8,10-18H2,1-5H3/t20-,22+,23+,24-,25+,26+,27?,28?,29?,30?,31?,32+,33-/m1/s1. The molecule has 6 heteroatoms. The molecule has 4 fully saturated rings. The van der Waals surface area contributed by atoms with Gasteiger partial charge in [-0.3, -0.25) is 0 Å². The fourth-order valence-electron chi connectivity index (χ4n) is 10.1. The van der Waals surface area contributed by atoms with Crippen molar-refractivity contribution in [2.75, 3.05) is 6.61 Å². The van der Waals surface area contributed by atoms with E-state index in [1.165, 1.54) is 56.9 Å². The quantitative estimate of drug-likeness (QED) is 0.311. The topological polar surface area (TPSA) is 99.4 Å². The number of hydrogen-bond donors (Lipinski definition) is 4. The molecule has 5 unspecified atom stereocenters. The zero-order valence-electron chi connectivity index (χ0n) is 25.1. The predicted octanol–water partition coefficient (Wildman–Crippen LogP) is 5.21. The smallest absolute Gasteiger partial charge is 0.186 e. The molecule has 0 aromatic carbocycles. The molecule has 6 nitrogen and oxygen atoms in total. The molecule has 1 aliphatic heterocycles. The van der Waals surface area contributed by atoms with Gasteiger partial charge in [0.05, 0.1) is 12.7 Å². The number of hydrogen-bond acceptors (Lipinski definition) is 6. The molecule has 5 aliphatic rings. The van der Waals surface area contributed by atoms with Gasteiger partial charge in [-0.25, -0.2) is 0 Å². The maximum atomic E-state index is 10.5. The van der Waals surface area contributed by atoms with Crippen molar-refractivity contribution in [3.8, 4) is 0 Å². The molecular weight excluding hydrogens is 492 g/mol. The monoisotopic (exact) mass is 548 g/mol. The number of fused-ring (bicyclic) bond motifs is 5. The van der Waals surface area contributed by atoms with Crippen LogP contribution in [0, 0.1) is 46.3 Å². The van der Waals surface area contributed by atoms with E-state index in [1.54, 1.807) is 0 Å². The summed E-state index contributed by atoms with van der Waals surface area (Å²) in [5.41, 5.74) is 2.20. The third-order valence-corrected chi connectivity index (χ3v) is 12.4. The van der Waals surface area contributed by atoms with Crippen LogP contribution in [0.2, 0.25) is 0 Å². The Morgan fingerprint density at radius 2 is 1.72 bits per heavy atom. The third kappa shape index (κ3) is 5.41. The van der Waals surface area contributed by atoms with Crippen molar-refractivity contribution in [3.63, 3.8) is 0 Å². The molecule has 13 atom stereocenters. The van der Waals surface area contributed by atoms with E-state index < -0.39 is 37.3 Å². The van der Waals surface area contributed by atoms with Crippen LogP contribution in [0.25, 0.3) is 0 Å². The first kappa shape index (κ1) is 30.0. The number of ether oxygens (including phenoxy) is 2. The Morgan fingerprint density at radius 3 is 2.44 bits per heavy atom. The molecule has 4 N–H and O–H groups in total. The van der Waals surface area contributed by atoms with Gasteiger partial charge in [-0.1, -0.05) is 65.5 Å². The first-order valence-corrected chi connectivity index (χ1v) is 16.1. The van der Waals surface area contributed by atoms with Crippen LogP contribution in [0.15, 0.2) is 11.6 Å². The first-order chi connectivity index (χ1) is 18.5. The van der Waals surface area contributed by atoms with Crippen molar-refractivity contribution in [3.05, 3.63) is 11.6 Å². The van der Waals surface area contributed by atoms with Crippen LogP contribution in [0.3, 0.4) is 0 Å². The minimum atomic E-state index is -1.39. The molecule has 4 aliphatic carbocycles. The van der Waals surface area contributed by atoms with E-state index in [0.29, 0.717) is 5.41 Å². The Labute approximate surface area is 236 Å². The van der Waals surface area contributed by atoms with Crippen LogP contribution in [0.5, 0.6) is 0 Å². The highest BCUT2D eigenvalue weighted by Gasteiger charge is 2.59. The summed E-state index contributed by atoms with van der Waals surface area (Å²) >= 11 is 0. The van der Waals surface area contributed by atoms with E-state index in [9.17, 15) is 20.4 Å². The van der Waals surface area contributed by atoms with Crippen molar-refractivity contribution in [2.24, 2.45) is 46.3 Å². The Morgan fingerprint density at radius 1 is 0.949 bits per heavy atom.